The van der Waals surface area contributed by atoms with Crippen LogP contribution in [0, 0.1) is 0 Å². The van der Waals surface area contributed by atoms with Crippen molar-refractivity contribution in [2.45, 2.75) is 6.04 Å². The Labute approximate surface area is 106 Å². The number of carboxylic acid groups (broad SMARTS) is 1. The topological polar surface area (TPSA) is 92.2 Å². The summed E-state index contributed by atoms with van der Waals surface area (Å²) >= 11 is 1.26. The minimum absolute atomic E-state index is 0.0836. The fourth-order valence-electron chi connectivity index (χ4n) is 1.33. The molecule has 2 N–H and O–H groups in total. The summed E-state index contributed by atoms with van der Waals surface area (Å²) in [5.41, 5.74) is 0.0836. The van der Waals surface area contributed by atoms with Gasteiger partial charge in [-0.15, -0.1) is 11.3 Å². The van der Waals surface area contributed by atoms with Crippen LogP contribution in [0.1, 0.15) is 21.4 Å². The summed E-state index contributed by atoms with van der Waals surface area (Å²) in [7, 11) is 0. The average Bonchev–Trinajstić information content (AvgIpc) is 2.90. The molecule has 1 amide bonds. The summed E-state index contributed by atoms with van der Waals surface area (Å²) in [5.74, 6) is -1.68. The van der Waals surface area contributed by atoms with Gasteiger partial charge in [0.05, 0.1) is 6.20 Å². The van der Waals surface area contributed by atoms with Gasteiger partial charge in [-0.1, -0.05) is 6.07 Å². The standard InChI is InChI=1S/C11H9N3O3S/c15-10(7-6-12-3-4-13-7)14-9(11(16)17)8-2-1-5-18-8/h1-6,9H,(H,14,15)(H,16,17). The number of hydrogen-bond donors (Lipinski definition) is 2. The molecule has 0 spiro atoms. The van der Waals surface area contributed by atoms with E-state index in [0.717, 1.165) is 0 Å². The van der Waals surface area contributed by atoms with Crippen molar-refractivity contribution in [3.63, 3.8) is 0 Å². The van der Waals surface area contributed by atoms with Crippen molar-refractivity contribution in [2.75, 3.05) is 0 Å². The Morgan fingerprint density at radius 2 is 2.22 bits per heavy atom. The summed E-state index contributed by atoms with van der Waals surface area (Å²) in [6, 6.07) is 2.31. The Morgan fingerprint density at radius 1 is 1.39 bits per heavy atom. The van der Waals surface area contributed by atoms with Gasteiger partial charge in [0.15, 0.2) is 6.04 Å². The van der Waals surface area contributed by atoms with Gasteiger partial charge in [-0.05, 0) is 11.4 Å². The quantitative estimate of drug-likeness (QED) is 0.861. The lowest BCUT2D eigenvalue weighted by molar-refractivity contribution is -0.139. The average molecular weight is 263 g/mol. The van der Waals surface area contributed by atoms with E-state index in [-0.39, 0.29) is 5.69 Å². The number of aromatic nitrogens is 2. The number of thiophene rings is 1. The van der Waals surface area contributed by atoms with E-state index < -0.39 is 17.9 Å². The van der Waals surface area contributed by atoms with Crippen LogP contribution >= 0.6 is 11.3 Å². The normalized spacial score (nSPS) is 11.8. The number of carbonyl (C=O) groups is 2. The van der Waals surface area contributed by atoms with Crippen LogP contribution in [-0.4, -0.2) is 27.0 Å². The number of nitrogens with zero attached hydrogens (tertiary/aromatic N) is 2. The Morgan fingerprint density at radius 3 is 2.78 bits per heavy atom. The molecule has 1 unspecified atom stereocenters. The molecule has 0 aliphatic carbocycles. The van der Waals surface area contributed by atoms with Crippen molar-refractivity contribution >= 4 is 23.2 Å². The Kier molecular flexibility index (Phi) is 3.63. The molecule has 18 heavy (non-hydrogen) atoms. The van der Waals surface area contributed by atoms with Crippen molar-refractivity contribution < 1.29 is 14.7 Å². The maximum Gasteiger partial charge on any atom is 0.331 e. The second-order valence-electron chi connectivity index (χ2n) is 3.35. The molecule has 0 saturated carbocycles. The van der Waals surface area contributed by atoms with Crippen molar-refractivity contribution in [3.05, 3.63) is 46.7 Å². The third-order valence-corrected chi connectivity index (χ3v) is 3.08. The molecule has 2 heterocycles. The van der Waals surface area contributed by atoms with E-state index in [2.05, 4.69) is 15.3 Å². The zero-order chi connectivity index (χ0) is 13.0. The first-order valence-corrected chi connectivity index (χ1v) is 5.89. The van der Waals surface area contributed by atoms with Gasteiger partial charge in [-0.2, -0.15) is 0 Å². The zero-order valence-corrected chi connectivity index (χ0v) is 9.92. The number of amides is 1. The maximum atomic E-state index is 11.8. The number of carbonyl (C=O) groups excluding carboxylic acids is 1. The van der Waals surface area contributed by atoms with Gasteiger partial charge >= 0.3 is 5.97 Å². The van der Waals surface area contributed by atoms with Crippen LogP contribution in [0.25, 0.3) is 0 Å². The molecule has 92 valence electrons. The lowest BCUT2D eigenvalue weighted by Gasteiger charge is -2.12. The SMILES string of the molecule is O=C(NC(C(=O)O)c1cccs1)c1cnccn1. The minimum Gasteiger partial charge on any atom is -0.479 e. The van der Waals surface area contributed by atoms with E-state index in [4.69, 9.17) is 5.11 Å². The van der Waals surface area contributed by atoms with E-state index >= 15 is 0 Å². The lowest BCUT2D eigenvalue weighted by Crippen LogP contribution is -2.33. The Hall–Kier alpha value is -2.28. The van der Waals surface area contributed by atoms with Crippen LogP contribution < -0.4 is 5.32 Å². The number of carboxylic acids is 1. The van der Waals surface area contributed by atoms with Crippen LogP contribution in [0.4, 0.5) is 0 Å². The minimum atomic E-state index is -1.12. The van der Waals surface area contributed by atoms with Gasteiger partial charge in [-0.25, -0.2) is 9.78 Å². The van der Waals surface area contributed by atoms with Crippen molar-refractivity contribution in [1.82, 2.24) is 15.3 Å². The highest BCUT2D eigenvalue weighted by Crippen LogP contribution is 2.19. The van der Waals surface area contributed by atoms with Gasteiger partial charge < -0.3 is 10.4 Å². The summed E-state index contributed by atoms with van der Waals surface area (Å²) < 4.78 is 0. The maximum absolute atomic E-state index is 11.8. The van der Waals surface area contributed by atoms with Gasteiger partial charge in [0.25, 0.3) is 5.91 Å². The third-order valence-electron chi connectivity index (χ3n) is 2.15. The highest BCUT2D eigenvalue weighted by atomic mass is 32.1. The molecule has 0 radical (unpaired) electrons. The molecule has 2 rings (SSSR count). The molecule has 1 atom stereocenters. The molecule has 0 aromatic carbocycles. The first-order valence-electron chi connectivity index (χ1n) is 5.01. The van der Waals surface area contributed by atoms with E-state index in [9.17, 15) is 9.59 Å². The number of rotatable bonds is 4. The molecule has 0 fully saturated rings. The fourth-order valence-corrected chi connectivity index (χ4v) is 2.10. The van der Waals surface area contributed by atoms with E-state index in [1.54, 1.807) is 17.5 Å². The van der Waals surface area contributed by atoms with Crippen molar-refractivity contribution in [2.24, 2.45) is 0 Å². The molecular weight excluding hydrogens is 254 g/mol. The smallest absolute Gasteiger partial charge is 0.331 e. The zero-order valence-electron chi connectivity index (χ0n) is 9.11. The van der Waals surface area contributed by atoms with Crippen LogP contribution in [0.3, 0.4) is 0 Å². The molecule has 7 heteroatoms. The predicted molar refractivity (Wildman–Crippen MR) is 64.2 cm³/mol. The van der Waals surface area contributed by atoms with E-state index in [1.165, 1.54) is 29.9 Å². The summed E-state index contributed by atoms with van der Waals surface area (Å²) in [5, 5.41) is 13.3. The molecule has 0 saturated heterocycles. The van der Waals surface area contributed by atoms with Crippen LogP contribution in [0.2, 0.25) is 0 Å². The van der Waals surface area contributed by atoms with Crippen LogP contribution in [0.15, 0.2) is 36.1 Å². The van der Waals surface area contributed by atoms with Gasteiger partial charge in [0.1, 0.15) is 5.69 Å². The summed E-state index contributed by atoms with van der Waals surface area (Å²) in [6.07, 6.45) is 4.09. The lowest BCUT2D eigenvalue weighted by atomic mass is 10.2. The van der Waals surface area contributed by atoms with Gasteiger partial charge in [-0.3, -0.25) is 9.78 Å². The Balaban J connectivity index is 2.16. The third kappa shape index (κ3) is 2.69. The molecule has 6 nitrogen and oxygen atoms in total. The summed E-state index contributed by atoms with van der Waals surface area (Å²) in [6.45, 7) is 0. The first kappa shape index (κ1) is 12.2. The molecule has 0 bridgehead atoms. The van der Waals surface area contributed by atoms with E-state index in [0.29, 0.717) is 4.88 Å². The van der Waals surface area contributed by atoms with E-state index in [1.807, 2.05) is 0 Å². The van der Waals surface area contributed by atoms with Crippen molar-refractivity contribution in [3.8, 4) is 0 Å². The highest BCUT2D eigenvalue weighted by Gasteiger charge is 2.23. The molecule has 2 aromatic rings. The van der Waals surface area contributed by atoms with Gasteiger partial charge in [0, 0.05) is 17.3 Å². The molecule has 2 aromatic heterocycles. The Bertz CT molecular complexity index is 542. The number of hydrogen-bond acceptors (Lipinski definition) is 5. The van der Waals surface area contributed by atoms with Crippen LogP contribution in [-0.2, 0) is 4.79 Å². The molecule has 0 aliphatic rings. The number of aliphatic carboxylic acids is 1. The first-order chi connectivity index (χ1) is 8.68. The summed E-state index contributed by atoms with van der Waals surface area (Å²) in [4.78, 5) is 31.0. The second-order valence-corrected chi connectivity index (χ2v) is 4.33. The second kappa shape index (κ2) is 5.37. The molecular formula is C11H9N3O3S. The fraction of sp³-hybridized carbons (Fsp3) is 0.0909. The van der Waals surface area contributed by atoms with Gasteiger partial charge in [0.2, 0.25) is 0 Å². The monoisotopic (exact) mass is 263 g/mol. The largest absolute Gasteiger partial charge is 0.479 e. The molecule has 0 aliphatic heterocycles. The predicted octanol–water partition coefficient (Wildman–Crippen LogP) is 1.09. The number of nitrogens with one attached hydrogen (secondary N) is 1. The van der Waals surface area contributed by atoms with Crippen LogP contribution in [0.5, 0.6) is 0 Å². The van der Waals surface area contributed by atoms with Crippen molar-refractivity contribution in [1.29, 1.82) is 0 Å². The highest BCUT2D eigenvalue weighted by molar-refractivity contribution is 7.10.